The van der Waals surface area contributed by atoms with Crippen LogP contribution in [-0.2, 0) is 17.1 Å². The quantitative estimate of drug-likeness (QED) is 0.819. The molecule has 7 nitrogen and oxygen atoms in total. The number of nitrogens with zero attached hydrogens (tertiary/aromatic N) is 4. The van der Waals surface area contributed by atoms with Crippen molar-refractivity contribution in [2.24, 2.45) is 18.9 Å². The molecule has 0 radical (unpaired) electrons. The summed E-state index contributed by atoms with van der Waals surface area (Å²) in [6, 6.07) is 0. The minimum absolute atomic E-state index is 0.0235. The predicted octanol–water partition coefficient (Wildman–Crippen LogP) is 0.173. The van der Waals surface area contributed by atoms with Gasteiger partial charge in [-0.1, -0.05) is 11.6 Å². The molecule has 0 saturated carbocycles. The maximum atomic E-state index is 12.9. The van der Waals surface area contributed by atoms with Crippen molar-refractivity contribution in [1.82, 2.24) is 19.0 Å². The molecule has 1 aliphatic heterocycles. The Bertz CT molecular complexity index is 644. The zero-order valence-corrected chi connectivity index (χ0v) is 14.9. The number of aliphatic hydroxyl groups is 1. The van der Waals surface area contributed by atoms with Crippen LogP contribution in [0.4, 0.5) is 0 Å². The summed E-state index contributed by atoms with van der Waals surface area (Å²) in [6.07, 6.45) is 0. The van der Waals surface area contributed by atoms with Gasteiger partial charge in [-0.05, 0) is 26.9 Å². The molecule has 2 rings (SSSR count). The highest BCUT2D eigenvalue weighted by atomic mass is 35.5. The fraction of sp³-hybridized carbons (Fsp3) is 0.769. The van der Waals surface area contributed by atoms with Crippen LogP contribution in [0.15, 0.2) is 4.90 Å². The molecule has 0 aromatic carbocycles. The second kappa shape index (κ2) is 6.45. The number of aromatic nitrogens is 2. The van der Waals surface area contributed by atoms with Gasteiger partial charge in [0.25, 0.3) is 0 Å². The van der Waals surface area contributed by atoms with Crippen molar-refractivity contribution in [2.75, 3.05) is 40.3 Å². The molecule has 0 amide bonds. The number of halogens is 1. The Labute approximate surface area is 136 Å². The lowest BCUT2D eigenvalue weighted by molar-refractivity contribution is 0.185. The SMILES string of the molecule is Cc1nn(C)c(Cl)c1S(=O)(=O)N1CC(CO)C(CN(C)C)C1. The summed E-state index contributed by atoms with van der Waals surface area (Å²) >= 11 is 6.10. The standard InChI is InChI=1S/C13H23ClN4O3S/c1-9-12(13(14)17(4)15-9)22(20,21)18-6-10(5-16(2)3)11(7-18)8-19/h10-11,19H,5-8H2,1-4H3. The van der Waals surface area contributed by atoms with Crippen LogP contribution in [0, 0.1) is 18.8 Å². The molecule has 0 aliphatic carbocycles. The van der Waals surface area contributed by atoms with Crippen LogP contribution in [0.25, 0.3) is 0 Å². The van der Waals surface area contributed by atoms with E-state index < -0.39 is 10.0 Å². The van der Waals surface area contributed by atoms with E-state index in [-0.39, 0.29) is 28.5 Å². The average molecular weight is 351 g/mol. The van der Waals surface area contributed by atoms with Gasteiger partial charge in [0.05, 0.1) is 5.69 Å². The fourth-order valence-corrected chi connectivity index (χ4v) is 5.27. The van der Waals surface area contributed by atoms with Crippen LogP contribution >= 0.6 is 11.6 Å². The first-order valence-corrected chi connectivity index (χ1v) is 8.95. The largest absolute Gasteiger partial charge is 0.396 e. The number of aryl methyl sites for hydroxylation is 2. The van der Waals surface area contributed by atoms with Gasteiger partial charge >= 0.3 is 0 Å². The van der Waals surface area contributed by atoms with E-state index in [2.05, 4.69) is 5.10 Å². The highest BCUT2D eigenvalue weighted by Gasteiger charge is 2.41. The summed E-state index contributed by atoms with van der Waals surface area (Å²) in [6.45, 7) is 3.04. The Kier molecular flexibility index (Phi) is 5.18. The molecule has 1 N–H and O–H groups in total. The molecule has 2 heterocycles. The fourth-order valence-electron chi connectivity index (χ4n) is 3.01. The third-order valence-corrected chi connectivity index (χ3v) is 6.60. The van der Waals surface area contributed by atoms with Crippen LogP contribution in [-0.4, -0.2) is 72.8 Å². The van der Waals surface area contributed by atoms with Gasteiger partial charge in [-0.3, -0.25) is 4.68 Å². The number of aliphatic hydroxyl groups excluding tert-OH is 1. The summed E-state index contributed by atoms with van der Waals surface area (Å²) in [5.74, 6) is 0.0402. The van der Waals surface area contributed by atoms with Gasteiger partial charge in [0.2, 0.25) is 10.0 Å². The number of sulfonamides is 1. The molecule has 2 unspecified atom stereocenters. The molecule has 0 bridgehead atoms. The van der Waals surface area contributed by atoms with Gasteiger partial charge in [0.15, 0.2) is 0 Å². The van der Waals surface area contributed by atoms with Crippen LogP contribution in [0.5, 0.6) is 0 Å². The molecule has 1 saturated heterocycles. The minimum Gasteiger partial charge on any atom is -0.396 e. The first-order valence-electron chi connectivity index (χ1n) is 7.13. The van der Waals surface area contributed by atoms with Gasteiger partial charge in [-0.15, -0.1) is 0 Å². The summed E-state index contributed by atoms with van der Waals surface area (Å²) in [7, 11) is 1.79. The third-order valence-electron chi connectivity index (χ3n) is 4.08. The van der Waals surface area contributed by atoms with Crippen molar-refractivity contribution >= 4 is 21.6 Å². The van der Waals surface area contributed by atoms with E-state index in [4.69, 9.17) is 11.6 Å². The summed E-state index contributed by atoms with van der Waals surface area (Å²) in [5.41, 5.74) is 0.393. The van der Waals surface area contributed by atoms with E-state index in [1.54, 1.807) is 14.0 Å². The predicted molar refractivity (Wildman–Crippen MR) is 84.3 cm³/mol. The molecule has 9 heteroatoms. The maximum absolute atomic E-state index is 12.9. The topological polar surface area (TPSA) is 78.7 Å². The van der Waals surface area contributed by atoms with E-state index in [0.29, 0.717) is 18.8 Å². The van der Waals surface area contributed by atoms with Crippen LogP contribution in [0.1, 0.15) is 5.69 Å². The minimum atomic E-state index is -3.70. The van der Waals surface area contributed by atoms with Crippen molar-refractivity contribution in [3.63, 3.8) is 0 Å². The first kappa shape index (κ1) is 17.7. The highest BCUT2D eigenvalue weighted by molar-refractivity contribution is 7.89. The molecule has 0 spiro atoms. The molecule has 126 valence electrons. The lowest BCUT2D eigenvalue weighted by Crippen LogP contribution is -2.31. The van der Waals surface area contributed by atoms with Crippen molar-refractivity contribution in [2.45, 2.75) is 11.8 Å². The van der Waals surface area contributed by atoms with Crippen molar-refractivity contribution in [3.8, 4) is 0 Å². The van der Waals surface area contributed by atoms with E-state index in [1.165, 1.54) is 8.99 Å². The Hall–Kier alpha value is -0.670. The van der Waals surface area contributed by atoms with Crippen LogP contribution in [0.2, 0.25) is 5.15 Å². The van der Waals surface area contributed by atoms with Gasteiger partial charge in [-0.25, -0.2) is 8.42 Å². The summed E-state index contributed by atoms with van der Waals surface area (Å²) < 4.78 is 28.5. The summed E-state index contributed by atoms with van der Waals surface area (Å²) in [4.78, 5) is 2.07. The van der Waals surface area contributed by atoms with Crippen LogP contribution < -0.4 is 0 Å². The average Bonchev–Trinajstić information content (AvgIpc) is 2.91. The smallest absolute Gasteiger partial charge is 0.248 e. The third kappa shape index (κ3) is 3.16. The normalized spacial score (nSPS) is 23.6. The molecule has 1 aliphatic rings. The molecule has 22 heavy (non-hydrogen) atoms. The molecular formula is C13H23ClN4O3S. The molecule has 1 fully saturated rings. The van der Waals surface area contributed by atoms with Gasteiger partial charge in [0.1, 0.15) is 10.0 Å². The number of hydrogen-bond acceptors (Lipinski definition) is 5. The molecule has 1 aromatic heterocycles. The Morgan fingerprint density at radius 3 is 2.41 bits per heavy atom. The Morgan fingerprint density at radius 1 is 1.36 bits per heavy atom. The zero-order chi connectivity index (χ0) is 16.7. The van der Waals surface area contributed by atoms with Crippen LogP contribution in [0.3, 0.4) is 0 Å². The Balaban J connectivity index is 2.31. The van der Waals surface area contributed by atoms with Crippen molar-refractivity contribution < 1.29 is 13.5 Å². The lowest BCUT2D eigenvalue weighted by atomic mass is 9.97. The van der Waals surface area contributed by atoms with Crippen molar-refractivity contribution in [1.29, 1.82) is 0 Å². The second-order valence-electron chi connectivity index (χ2n) is 6.12. The van der Waals surface area contributed by atoms with Gasteiger partial charge < -0.3 is 10.0 Å². The van der Waals surface area contributed by atoms with Crippen molar-refractivity contribution in [3.05, 3.63) is 10.8 Å². The first-order chi connectivity index (χ1) is 10.2. The van der Waals surface area contributed by atoms with Gasteiger partial charge in [0, 0.05) is 39.2 Å². The van der Waals surface area contributed by atoms with Gasteiger partial charge in [-0.2, -0.15) is 9.40 Å². The molecular weight excluding hydrogens is 328 g/mol. The Morgan fingerprint density at radius 2 is 1.95 bits per heavy atom. The lowest BCUT2D eigenvalue weighted by Gasteiger charge is -2.20. The number of hydrogen-bond donors (Lipinski definition) is 1. The monoisotopic (exact) mass is 350 g/mol. The van der Waals surface area contributed by atoms with E-state index >= 15 is 0 Å². The maximum Gasteiger partial charge on any atom is 0.248 e. The molecule has 2 atom stereocenters. The highest BCUT2D eigenvalue weighted by Crippen LogP contribution is 2.33. The molecule has 1 aromatic rings. The van der Waals surface area contributed by atoms with E-state index in [0.717, 1.165) is 6.54 Å². The van der Waals surface area contributed by atoms with E-state index in [9.17, 15) is 13.5 Å². The second-order valence-corrected chi connectivity index (χ2v) is 8.35. The summed E-state index contributed by atoms with van der Waals surface area (Å²) in [5, 5.41) is 13.7. The zero-order valence-electron chi connectivity index (χ0n) is 13.3. The van der Waals surface area contributed by atoms with E-state index in [1.807, 2.05) is 19.0 Å². The number of rotatable bonds is 5.